The number of rotatable bonds is 6. The molecule has 2 amide bonds. The van der Waals surface area contributed by atoms with Gasteiger partial charge in [-0.2, -0.15) is 5.26 Å². The lowest BCUT2D eigenvalue weighted by atomic mass is 9.95. The Bertz CT molecular complexity index is 3070. The maximum Gasteiger partial charge on any atom is 0.268 e. The van der Waals surface area contributed by atoms with Gasteiger partial charge in [0.25, 0.3) is 11.8 Å². The Kier molecular flexibility index (Phi) is 8.11. The summed E-state index contributed by atoms with van der Waals surface area (Å²) in [6.07, 6.45) is 0. The third kappa shape index (κ3) is 5.33. The van der Waals surface area contributed by atoms with Crippen molar-refractivity contribution < 1.29 is 9.59 Å². The van der Waals surface area contributed by atoms with Crippen molar-refractivity contribution in [2.24, 2.45) is 0 Å². The van der Waals surface area contributed by atoms with Crippen LogP contribution >= 0.6 is 0 Å². The SMILES string of the molecule is [C-]#[N+]c1ccccc1-c1ccc2c(c1)c1cc(-c3ccccc3C#N)ccc1n2-c1cccc2c1C(=O)N(c1c(-c3ccccc3)cccc1-c1ccccc1)C2=O. The Morgan fingerprint density at radius 3 is 1.62 bits per heavy atom. The van der Waals surface area contributed by atoms with E-state index in [4.69, 9.17) is 6.57 Å². The second-order valence-electron chi connectivity index (χ2n) is 14.2. The van der Waals surface area contributed by atoms with Crippen molar-refractivity contribution in [1.82, 2.24) is 4.57 Å². The van der Waals surface area contributed by atoms with Gasteiger partial charge in [-0.05, 0) is 75.8 Å². The topological polar surface area (TPSA) is 70.5 Å². The highest BCUT2D eigenvalue weighted by Crippen LogP contribution is 2.45. The fourth-order valence-electron chi connectivity index (χ4n) is 8.41. The van der Waals surface area contributed by atoms with Gasteiger partial charge in [-0.15, -0.1) is 0 Å². The van der Waals surface area contributed by atoms with Gasteiger partial charge in [0.05, 0.1) is 51.7 Å². The first-order chi connectivity index (χ1) is 28.6. The van der Waals surface area contributed by atoms with E-state index in [1.807, 2.05) is 164 Å². The van der Waals surface area contributed by atoms with Crippen LogP contribution in [0.1, 0.15) is 26.3 Å². The average Bonchev–Trinajstić information content (AvgIpc) is 3.75. The molecule has 0 bridgehead atoms. The summed E-state index contributed by atoms with van der Waals surface area (Å²) in [6.45, 7) is 7.85. The number of fused-ring (bicyclic) bond motifs is 4. The predicted octanol–water partition coefficient (Wildman–Crippen LogP) is 12.7. The molecular weight excluding hydrogens is 713 g/mol. The van der Waals surface area contributed by atoms with Crippen LogP contribution in [0.5, 0.6) is 0 Å². The zero-order chi connectivity index (χ0) is 39.3. The van der Waals surface area contributed by atoms with Gasteiger partial charge in [-0.3, -0.25) is 9.59 Å². The first-order valence-corrected chi connectivity index (χ1v) is 18.9. The molecule has 0 saturated carbocycles. The van der Waals surface area contributed by atoms with Crippen LogP contribution in [0.4, 0.5) is 11.4 Å². The molecule has 0 unspecified atom stereocenters. The Hall–Kier alpha value is -8.32. The first-order valence-electron chi connectivity index (χ1n) is 18.9. The van der Waals surface area contributed by atoms with E-state index in [9.17, 15) is 10.1 Å². The molecule has 1 aromatic heterocycles. The summed E-state index contributed by atoms with van der Waals surface area (Å²) < 4.78 is 2.06. The molecule has 58 heavy (non-hydrogen) atoms. The summed E-state index contributed by atoms with van der Waals surface area (Å²) >= 11 is 0. The van der Waals surface area contributed by atoms with Crippen LogP contribution in [0, 0.1) is 17.9 Å². The molecular formula is C52H30N4O2. The minimum atomic E-state index is -0.409. The molecule has 270 valence electrons. The van der Waals surface area contributed by atoms with E-state index < -0.39 is 11.8 Å². The third-order valence-electron chi connectivity index (χ3n) is 11.0. The molecule has 1 aliphatic heterocycles. The molecule has 1 aliphatic rings. The smallest absolute Gasteiger partial charge is 0.268 e. The molecule has 8 aromatic carbocycles. The lowest BCUT2D eigenvalue weighted by Crippen LogP contribution is -2.30. The molecule has 0 atom stereocenters. The Morgan fingerprint density at radius 2 is 1.00 bits per heavy atom. The molecule has 6 heteroatoms. The number of nitrogens with zero attached hydrogens (tertiary/aromatic N) is 4. The van der Waals surface area contributed by atoms with Crippen LogP contribution in [0.15, 0.2) is 182 Å². The van der Waals surface area contributed by atoms with E-state index in [1.165, 1.54) is 4.90 Å². The molecule has 0 saturated heterocycles. The van der Waals surface area contributed by atoms with Gasteiger partial charge in [0.2, 0.25) is 0 Å². The monoisotopic (exact) mass is 742 g/mol. The van der Waals surface area contributed by atoms with Crippen molar-refractivity contribution in [3.05, 3.63) is 210 Å². The molecule has 0 fully saturated rings. The van der Waals surface area contributed by atoms with Crippen LogP contribution < -0.4 is 4.90 Å². The number of hydrogen-bond acceptors (Lipinski definition) is 3. The molecule has 9 aromatic rings. The van der Waals surface area contributed by atoms with Gasteiger partial charge in [-0.1, -0.05) is 140 Å². The zero-order valence-corrected chi connectivity index (χ0v) is 30.9. The summed E-state index contributed by atoms with van der Waals surface area (Å²) in [6, 6.07) is 60.6. The molecule has 10 rings (SSSR count). The lowest BCUT2D eigenvalue weighted by Gasteiger charge is -2.23. The van der Waals surface area contributed by atoms with E-state index >= 15 is 4.79 Å². The van der Waals surface area contributed by atoms with Crippen LogP contribution in [-0.4, -0.2) is 16.4 Å². The van der Waals surface area contributed by atoms with Crippen LogP contribution in [-0.2, 0) is 0 Å². The quantitative estimate of drug-likeness (QED) is 0.126. The van der Waals surface area contributed by atoms with Crippen molar-refractivity contribution in [2.75, 3.05) is 4.90 Å². The highest BCUT2D eigenvalue weighted by molar-refractivity contribution is 6.37. The second kappa shape index (κ2) is 13.8. The molecule has 0 radical (unpaired) electrons. The van der Waals surface area contributed by atoms with Crippen molar-refractivity contribution >= 4 is 45.0 Å². The van der Waals surface area contributed by atoms with E-state index in [-0.39, 0.29) is 0 Å². The number of nitriles is 1. The van der Waals surface area contributed by atoms with E-state index in [0.29, 0.717) is 33.8 Å². The number of carbonyl (C=O) groups is 2. The number of anilines is 1. The Morgan fingerprint density at radius 1 is 0.483 bits per heavy atom. The highest BCUT2D eigenvalue weighted by atomic mass is 16.2. The van der Waals surface area contributed by atoms with Crippen molar-refractivity contribution in [3.63, 3.8) is 0 Å². The van der Waals surface area contributed by atoms with Crippen LogP contribution in [0.3, 0.4) is 0 Å². The molecule has 0 spiro atoms. The normalized spacial score (nSPS) is 12.1. The highest BCUT2D eigenvalue weighted by Gasteiger charge is 2.41. The molecule has 0 N–H and O–H groups in total. The standard InChI is InChI=1S/C52H30N4O2/c1-54-45-24-11-10-20-39(45)36-27-29-47-44(31-36)43-30-35(38-19-9-8-18-37(38)32-53)26-28-46(43)55(47)48-25-13-23-42-49(48)52(58)56(51(42)57)50-40(33-14-4-2-5-15-33)21-12-22-41(50)34-16-6-3-7-17-34/h2-31H. The van der Waals surface area contributed by atoms with Gasteiger partial charge in [0.1, 0.15) is 0 Å². The number of benzene rings is 8. The number of carbonyl (C=O) groups excluding carboxylic acids is 2. The molecule has 6 nitrogen and oxygen atoms in total. The van der Waals surface area contributed by atoms with Crippen molar-refractivity contribution in [2.45, 2.75) is 0 Å². The maximum atomic E-state index is 15.2. The fraction of sp³-hybridized carbons (Fsp3) is 0. The first kappa shape index (κ1) is 34.2. The van der Waals surface area contributed by atoms with Gasteiger partial charge in [-0.25, -0.2) is 9.74 Å². The van der Waals surface area contributed by atoms with Crippen LogP contribution in [0.25, 0.3) is 76.8 Å². The number of aromatic nitrogens is 1. The number of para-hydroxylation sites is 2. The molecule has 0 aliphatic carbocycles. The van der Waals surface area contributed by atoms with E-state index in [2.05, 4.69) is 27.6 Å². The maximum absolute atomic E-state index is 15.2. The molecule has 2 heterocycles. The van der Waals surface area contributed by atoms with Crippen molar-refractivity contribution in [1.29, 1.82) is 5.26 Å². The summed E-state index contributed by atoms with van der Waals surface area (Å²) in [5, 5.41) is 11.8. The fourth-order valence-corrected chi connectivity index (χ4v) is 8.41. The van der Waals surface area contributed by atoms with Crippen molar-refractivity contribution in [3.8, 4) is 56.3 Å². The van der Waals surface area contributed by atoms with Gasteiger partial charge >= 0.3 is 0 Å². The summed E-state index contributed by atoms with van der Waals surface area (Å²) in [5.41, 5.74) is 11.2. The Balaban J connectivity index is 1.22. The third-order valence-corrected chi connectivity index (χ3v) is 11.0. The number of amides is 2. The van der Waals surface area contributed by atoms with E-state index in [0.717, 1.165) is 66.3 Å². The van der Waals surface area contributed by atoms with E-state index in [1.54, 1.807) is 6.07 Å². The van der Waals surface area contributed by atoms with Gasteiger partial charge in [0.15, 0.2) is 5.69 Å². The lowest BCUT2D eigenvalue weighted by molar-refractivity contribution is 0.0926. The number of hydrogen-bond donors (Lipinski definition) is 0. The summed E-state index contributed by atoms with van der Waals surface area (Å²) in [5.74, 6) is -0.801. The second-order valence-corrected chi connectivity index (χ2v) is 14.2. The summed E-state index contributed by atoms with van der Waals surface area (Å²) in [4.78, 5) is 35.2. The van der Waals surface area contributed by atoms with Gasteiger partial charge in [0, 0.05) is 21.9 Å². The van der Waals surface area contributed by atoms with Gasteiger partial charge < -0.3 is 4.57 Å². The number of imide groups is 1. The van der Waals surface area contributed by atoms with Crippen LogP contribution in [0.2, 0.25) is 0 Å². The average molecular weight is 743 g/mol. The summed E-state index contributed by atoms with van der Waals surface area (Å²) in [7, 11) is 0. The largest absolute Gasteiger partial charge is 0.308 e. The zero-order valence-electron chi connectivity index (χ0n) is 30.9. The Labute approximate surface area is 334 Å². The predicted molar refractivity (Wildman–Crippen MR) is 231 cm³/mol. The minimum Gasteiger partial charge on any atom is -0.308 e. The minimum absolute atomic E-state index is 0.314.